The molecule has 4 rings (SSSR count). The van der Waals surface area contributed by atoms with Crippen LogP contribution in [-0.2, 0) is 14.3 Å². The number of rotatable bonds is 6. The van der Waals surface area contributed by atoms with Crippen LogP contribution < -0.4 is 15.1 Å². The van der Waals surface area contributed by atoms with Gasteiger partial charge < -0.3 is 29.5 Å². The summed E-state index contributed by atoms with van der Waals surface area (Å²) in [6.07, 6.45) is 3.49. The maximum atomic E-state index is 12.4. The monoisotopic (exact) mass is 375 g/mol. The summed E-state index contributed by atoms with van der Waals surface area (Å²) in [6, 6.07) is 2.18. The van der Waals surface area contributed by atoms with Crippen LogP contribution in [-0.4, -0.2) is 81.1 Å². The summed E-state index contributed by atoms with van der Waals surface area (Å²) >= 11 is 0. The topological polar surface area (TPSA) is 70.2 Å². The maximum Gasteiger partial charge on any atom is 0.225 e. The highest BCUT2D eigenvalue weighted by Crippen LogP contribution is 2.36. The number of morpholine rings is 1. The first-order valence-electron chi connectivity index (χ1n) is 9.97. The Kier molecular flexibility index (Phi) is 5.63. The van der Waals surface area contributed by atoms with Crippen LogP contribution in [0.4, 0.5) is 17.2 Å². The van der Waals surface area contributed by atoms with E-state index in [1.165, 1.54) is 0 Å². The van der Waals surface area contributed by atoms with Crippen LogP contribution >= 0.6 is 0 Å². The van der Waals surface area contributed by atoms with E-state index >= 15 is 0 Å². The Morgan fingerprint density at radius 2 is 2.15 bits per heavy atom. The smallest absolute Gasteiger partial charge is 0.225 e. The highest BCUT2D eigenvalue weighted by molar-refractivity contribution is 5.79. The number of ether oxygens (including phenoxy) is 2. The molecule has 3 aliphatic heterocycles. The molecule has 3 aliphatic rings. The van der Waals surface area contributed by atoms with Crippen molar-refractivity contribution in [3.8, 4) is 0 Å². The highest BCUT2D eigenvalue weighted by Gasteiger charge is 2.36. The number of carbonyl (C=O) groups excluding carboxylic acids is 1. The van der Waals surface area contributed by atoms with E-state index in [0.29, 0.717) is 19.6 Å². The molecule has 1 N–H and O–H groups in total. The van der Waals surface area contributed by atoms with Crippen LogP contribution in [0.2, 0.25) is 0 Å². The van der Waals surface area contributed by atoms with Crippen molar-refractivity contribution in [2.24, 2.45) is 0 Å². The van der Waals surface area contributed by atoms with Crippen LogP contribution in [0.15, 0.2) is 12.3 Å². The van der Waals surface area contributed by atoms with E-state index in [4.69, 9.17) is 14.5 Å². The predicted molar refractivity (Wildman–Crippen MR) is 104 cm³/mol. The molecule has 0 aromatic carbocycles. The van der Waals surface area contributed by atoms with E-state index < -0.39 is 0 Å². The first-order chi connectivity index (χ1) is 13.3. The molecule has 2 saturated heterocycles. The number of aromatic nitrogens is 1. The zero-order valence-electron chi connectivity index (χ0n) is 16.0. The molecular formula is C19H29N5O3. The summed E-state index contributed by atoms with van der Waals surface area (Å²) < 4.78 is 10.9. The second kappa shape index (κ2) is 8.31. The third kappa shape index (κ3) is 3.96. The second-order valence-corrected chi connectivity index (χ2v) is 7.22. The predicted octanol–water partition coefficient (Wildman–Crippen LogP) is 1.14. The lowest BCUT2D eigenvalue weighted by Gasteiger charge is -2.38. The standard InChI is InChI=1S/C19H29N5O3/c1-2-8-26-9-3-18(25)23-4-5-24-17(14-23)21-16-12-15(13-20-19(16)24)22-6-10-27-11-7-22/h12-13,17,21H,2-11,14H2,1H3. The lowest BCUT2D eigenvalue weighted by Crippen LogP contribution is -2.55. The Labute approximate surface area is 160 Å². The summed E-state index contributed by atoms with van der Waals surface area (Å²) in [7, 11) is 0. The molecular weight excluding hydrogens is 346 g/mol. The molecule has 1 aromatic rings. The van der Waals surface area contributed by atoms with Crippen molar-refractivity contribution in [1.82, 2.24) is 9.88 Å². The summed E-state index contributed by atoms with van der Waals surface area (Å²) in [4.78, 5) is 23.7. The average Bonchev–Trinajstić information content (AvgIpc) is 3.08. The number of hydrogen-bond acceptors (Lipinski definition) is 7. The minimum atomic E-state index is 0.0988. The quantitative estimate of drug-likeness (QED) is 0.748. The van der Waals surface area contributed by atoms with E-state index in [9.17, 15) is 4.79 Å². The molecule has 1 amide bonds. The minimum Gasteiger partial charge on any atom is -0.381 e. The van der Waals surface area contributed by atoms with Gasteiger partial charge in [0.1, 0.15) is 6.17 Å². The number of anilines is 3. The van der Waals surface area contributed by atoms with Crippen LogP contribution in [0.25, 0.3) is 0 Å². The minimum absolute atomic E-state index is 0.0988. The summed E-state index contributed by atoms with van der Waals surface area (Å²) in [6.45, 7) is 8.84. The first-order valence-corrected chi connectivity index (χ1v) is 9.97. The van der Waals surface area contributed by atoms with Crippen LogP contribution in [0, 0.1) is 0 Å². The number of piperazine rings is 1. The Morgan fingerprint density at radius 3 is 2.96 bits per heavy atom. The molecule has 2 fully saturated rings. The van der Waals surface area contributed by atoms with Crippen LogP contribution in [0.3, 0.4) is 0 Å². The van der Waals surface area contributed by atoms with Gasteiger partial charge >= 0.3 is 0 Å². The number of carbonyl (C=O) groups is 1. The molecule has 0 aliphatic carbocycles. The van der Waals surface area contributed by atoms with Crippen molar-refractivity contribution in [3.05, 3.63) is 12.3 Å². The van der Waals surface area contributed by atoms with Crippen LogP contribution in [0.5, 0.6) is 0 Å². The second-order valence-electron chi connectivity index (χ2n) is 7.22. The van der Waals surface area contributed by atoms with Gasteiger partial charge in [-0.25, -0.2) is 4.98 Å². The number of amides is 1. The Morgan fingerprint density at radius 1 is 1.30 bits per heavy atom. The van der Waals surface area contributed by atoms with E-state index in [2.05, 4.69) is 28.1 Å². The molecule has 27 heavy (non-hydrogen) atoms. The number of fused-ring (bicyclic) bond motifs is 3. The van der Waals surface area contributed by atoms with Gasteiger partial charge in [0.2, 0.25) is 5.91 Å². The lowest BCUT2D eigenvalue weighted by molar-refractivity contribution is -0.133. The molecule has 1 unspecified atom stereocenters. The molecule has 0 bridgehead atoms. The van der Waals surface area contributed by atoms with E-state index in [0.717, 1.165) is 69.6 Å². The summed E-state index contributed by atoms with van der Waals surface area (Å²) in [5.41, 5.74) is 2.19. The maximum absolute atomic E-state index is 12.4. The van der Waals surface area contributed by atoms with Crippen LogP contribution in [0.1, 0.15) is 19.8 Å². The van der Waals surface area contributed by atoms with Crippen molar-refractivity contribution in [3.63, 3.8) is 0 Å². The van der Waals surface area contributed by atoms with Gasteiger partial charge in [0.05, 0.1) is 50.4 Å². The van der Waals surface area contributed by atoms with Crippen molar-refractivity contribution < 1.29 is 14.3 Å². The third-order valence-electron chi connectivity index (χ3n) is 5.36. The Balaban J connectivity index is 1.36. The number of hydrogen-bond donors (Lipinski definition) is 1. The molecule has 8 heteroatoms. The van der Waals surface area contributed by atoms with Gasteiger partial charge in [-0.2, -0.15) is 0 Å². The molecule has 148 valence electrons. The number of nitrogens with one attached hydrogen (secondary N) is 1. The van der Waals surface area contributed by atoms with Gasteiger partial charge in [0.15, 0.2) is 5.82 Å². The van der Waals surface area contributed by atoms with Gasteiger partial charge in [-0.15, -0.1) is 0 Å². The molecule has 0 radical (unpaired) electrons. The zero-order chi connectivity index (χ0) is 18.6. The zero-order valence-corrected chi connectivity index (χ0v) is 16.0. The van der Waals surface area contributed by atoms with E-state index in [1.54, 1.807) is 0 Å². The van der Waals surface area contributed by atoms with Crippen molar-refractivity contribution in [2.45, 2.75) is 25.9 Å². The van der Waals surface area contributed by atoms with Crippen molar-refractivity contribution in [2.75, 3.05) is 74.3 Å². The molecule has 1 atom stereocenters. The molecule has 0 spiro atoms. The highest BCUT2D eigenvalue weighted by atomic mass is 16.5. The number of pyridine rings is 1. The fourth-order valence-corrected chi connectivity index (χ4v) is 3.91. The molecule has 8 nitrogen and oxygen atoms in total. The fraction of sp³-hybridized carbons (Fsp3) is 0.684. The first kappa shape index (κ1) is 18.3. The van der Waals surface area contributed by atoms with E-state index in [1.807, 2.05) is 11.1 Å². The van der Waals surface area contributed by atoms with Gasteiger partial charge in [-0.1, -0.05) is 6.92 Å². The summed E-state index contributed by atoms with van der Waals surface area (Å²) in [5.74, 6) is 1.17. The van der Waals surface area contributed by atoms with Crippen molar-refractivity contribution >= 4 is 23.1 Å². The fourth-order valence-electron chi connectivity index (χ4n) is 3.91. The Bertz CT molecular complexity index is 665. The number of nitrogens with zero attached hydrogens (tertiary/aromatic N) is 4. The molecule has 4 heterocycles. The SMILES string of the molecule is CCCOCCC(=O)N1CCN2c3ncc(N4CCOCC4)cc3NC2C1. The normalized spacial score (nSPS) is 21.7. The lowest BCUT2D eigenvalue weighted by atomic mass is 10.2. The van der Waals surface area contributed by atoms with Gasteiger partial charge in [-0.3, -0.25) is 4.79 Å². The van der Waals surface area contributed by atoms with Gasteiger partial charge in [-0.05, 0) is 12.5 Å². The third-order valence-corrected chi connectivity index (χ3v) is 5.36. The molecule has 1 aromatic heterocycles. The largest absolute Gasteiger partial charge is 0.381 e. The van der Waals surface area contributed by atoms with E-state index in [-0.39, 0.29) is 12.1 Å². The average molecular weight is 375 g/mol. The Hall–Kier alpha value is -2.06. The van der Waals surface area contributed by atoms with Gasteiger partial charge in [0, 0.05) is 32.8 Å². The van der Waals surface area contributed by atoms with Crippen molar-refractivity contribution in [1.29, 1.82) is 0 Å². The van der Waals surface area contributed by atoms with Gasteiger partial charge in [0.25, 0.3) is 0 Å². The molecule has 0 saturated carbocycles. The summed E-state index contributed by atoms with van der Waals surface area (Å²) in [5, 5.41) is 3.56.